The molecule has 1 amide bonds. The van der Waals surface area contributed by atoms with Crippen LogP contribution in [0.2, 0.25) is 0 Å². The SMILES string of the molecule is CC(C(=O)O)C1CN(C(=O)c2ccc(F)cc2F)C1. The lowest BCUT2D eigenvalue weighted by atomic mass is 9.86. The zero-order valence-electron chi connectivity index (χ0n) is 10.3. The molecule has 0 radical (unpaired) electrons. The van der Waals surface area contributed by atoms with E-state index in [4.69, 9.17) is 5.11 Å². The summed E-state index contributed by atoms with van der Waals surface area (Å²) < 4.78 is 26.2. The van der Waals surface area contributed by atoms with Crippen molar-refractivity contribution in [2.24, 2.45) is 11.8 Å². The lowest BCUT2D eigenvalue weighted by Crippen LogP contribution is -2.53. The van der Waals surface area contributed by atoms with Gasteiger partial charge in [0.25, 0.3) is 5.91 Å². The lowest BCUT2D eigenvalue weighted by Gasteiger charge is -2.41. The van der Waals surface area contributed by atoms with Gasteiger partial charge in [-0.05, 0) is 12.1 Å². The van der Waals surface area contributed by atoms with Crippen molar-refractivity contribution < 1.29 is 23.5 Å². The third kappa shape index (κ3) is 2.57. The van der Waals surface area contributed by atoms with E-state index in [0.717, 1.165) is 12.1 Å². The minimum atomic E-state index is -0.912. The number of nitrogens with zero attached hydrogens (tertiary/aromatic N) is 1. The van der Waals surface area contributed by atoms with Gasteiger partial charge in [0.2, 0.25) is 0 Å². The molecule has 1 aliphatic rings. The van der Waals surface area contributed by atoms with Gasteiger partial charge in [-0.3, -0.25) is 9.59 Å². The molecule has 1 aromatic carbocycles. The molecule has 2 rings (SSSR count). The topological polar surface area (TPSA) is 57.6 Å². The standard InChI is InChI=1S/C13H13F2NO3/c1-7(13(18)19)8-5-16(6-8)12(17)10-3-2-9(14)4-11(10)15/h2-4,7-8H,5-6H2,1H3,(H,18,19). The Labute approximate surface area is 108 Å². The molecule has 1 atom stereocenters. The van der Waals surface area contributed by atoms with Crippen LogP contribution in [-0.2, 0) is 4.79 Å². The van der Waals surface area contributed by atoms with Crippen molar-refractivity contribution in [2.45, 2.75) is 6.92 Å². The summed E-state index contributed by atoms with van der Waals surface area (Å²) in [6.07, 6.45) is 0. The number of benzene rings is 1. The highest BCUT2D eigenvalue weighted by Gasteiger charge is 2.38. The minimum Gasteiger partial charge on any atom is -0.481 e. The molecule has 6 heteroatoms. The van der Waals surface area contributed by atoms with Crippen molar-refractivity contribution >= 4 is 11.9 Å². The van der Waals surface area contributed by atoms with Gasteiger partial charge >= 0.3 is 5.97 Å². The van der Waals surface area contributed by atoms with Crippen LogP contribution in [-0.4, -0.2) is 35.0 Å². The Bertz CT molecular complexity index is 527. The monoisotopic (exact) mass is 269 g/mol. The quantitative estimate of drug-likeness (QED) is 0.909. The number of amides is 1. The Kier molecular flexibility index (Phi) is 3.50. The Balaban J connectivity index is 2.02. The Morgan fingerprint density at radius 2 is 2.00 bits per heavy atom. The number of carbonyl (C=O) groups is 2. The van der Waals surface area contributed by atoms with Crippen LogP contribution in [0.1, 0.15) is 17.3 Å². The number of carboxylic acids is 1. The fraction of sp³-hybridized carbons (Fsp3) is 0.385. The molecule has 4 nitrogen and oxygen atoms in total. The van der Waals surface area contributed by atoms with Crippen LogP contribution >= 0.6 is 0 Å². The first kappa shape index (κ1) is 13.5. The second-order valence-corrected chi connectivity index (χ2v) is 4.72. The Hall–Kier alpha value is -1.98. The number of carboxylic acid groups (broad SMARTS) is 1. The summed E-state index contributed by atoms with van der Waals surface area (Å²) in [5.74, 6) is -3.75. The summed E-state index contributed by atoms with van der Waals surface area (Å²) in [5, 5.41) is 8.83. The molecule has 0 bridgehead atoms. The van der Waals surface area contributed by atoms with Gasteiger partial charge in [0.05, 0.1) is 11.5 Å². The van der Waals surface area contributed by atoms with Gasteiger partial charge in [-0.15, -0.1) is 0 Å². The normalized spacial score (nSPS) is 16.9. The van der Waals surface area contributed by atoms with E-state index in [1.54, 1.807) is 6.92 Å². The van der Waals surface area contributed by atoms with Gasteiger partial charge in [0.1, 0.15) is 11.6 Å². The highest BCUT2D eigenvalue weighted by Crippen LogP contribution is 2.26. The molecule has 1 N–H and O–H groups in total. The van der Waals surface area contributed by atoms with Gasteiger partial charge in [-0.1, -0.05) is 6.92 Å². The van der Waals surface area contributed by atoms with Gasteiger partial charge in [0.15, 0.2) is 0 Å². The van der Waals surface area contributed by atoms with Crippen LogP contribution in [0.3, 0.4) is 0 Å². The first-order chi connectivity index (χ1) is 8.90. The molecule has 1 unspecified atom stereocenters. The molecule has 1 saturated heterocycles. The highest BCUT2D eigenvalue weighted by atomic mass is 19.1. The smallest absolute Gasteiger partial charge is 0.306 e. The van der Waals surface area contributed by atoms with Gasteiger partial charge in [0, 0.05) is 25.1 Å². The molecule has 1 aromatic rings. The molecule has 0 spiro atoms. The summed E-state index contributed by atoms with van der Waals surface area (Å²) in [6.45, 7) is 2.14. The van der Waals surface area contributed by atoms with E-state index in [9.17, 15) is 18.4 Å². The van der Waals surface area contributed by atoms with Crippen LogP contribution in [0.4, 0.5) is 8.78 Å². The van der Waals surface area contributed by atoms with E-state index in [-0.39, 0.29) is 24.6 Å². The Morgan fingerprint density at radius 1 is 1.37 bits per heavy atom. The maximum atomic E-state index is 13.4. The first-order valence-corrected chi connectivity index (χ1v) is 5.87. The predicted molar refractivity (Wildman–Crippen MR) is 62.6 cm³/mol. The molecule has 1 fully saturated rings. The van der Waals surface area contributed by atoms with Crippen molar-refractivity contribution in [3.05, 3.63) is 35.4 Å². The number of aliphatic carboxylic acids is 1. The van der Waals surface area contributed by atoms with Crippen molar-refractivity contribution in [3.63, 3.8) is 0 Å². The largest absolute Gasteiger partial charge is 0.481 e. The van der Waals surface area contributed by atoms with E-state index < -0.39 is 29.4 Å². The maximum Gasteiger partial charge on any atom is 0.306 e. The summed E-state index contributed by atoms with van der Waals surface area (Å²) in [4.78, 5) is 24.0. The molecular formula is C13H13F2NO3. The number of halogens is 2. The Morgan fingerprint density at radius 3 is 2.53 bits per heavy atom. The zero-order valence-corrected chi connectivity index (χ0v) is 10.3. The number of hydrogen-bond acceptors (Lipinski definition) is 2. The van der Waals surface area contributed by atoms with Crippen molar-refractivity contribution in [1.29, 1.82) is 0 Å². The lowest BCUT2D eigenvalue weighted by molar-refractivity contribution is -0.144. The second kappa shape index (κ2) is 4.95. The maximum absolute atomic E-state index is 13.4. The predicted octanol–water partition coefficient (Wildman–Crippen LogP) is 1.76. The van der Waals surface area contributed by atoms with Crippen molar-refractivity contribution in [3.8, 4) is 0 Å². The first-order valence-electron chi connectivity index (χ1n) is 5.87. The van der Waals surface area contributed by atoms with Crippen LogP contribution in [0.25, 0.3) is 0 Å². The third-order valence-electron chi connectivity index (χ3n) is 3.46. The van der Waals surface area contributed by atoms with Crippen LogP contribution in [0.15, 0.2) is 18.2 Å². The van der Waals surface area contributed by atoms with Gasteiger partial charge < -0.3 is 10.0 Å². The van der Waals surface area contributed by atoms with Gasteiger partial charge in [-0.25, -0.2) is 8.78 Å². The summed E-state index contributed by atoms with van der Waals surface area (Å²) in [7, 11) is 0. The van der Waals surface area contributed by atoms with E-state index in [0.29, 0.717) is 6.07 Å². The third-order valence-corrected chi connectivity index (χ3v) is 3.46. The number of rotatable bonds is 3. The molecule has 0 saturated carbocycles. The average Bonchev–Trinajstić information content (AvgIpc) is 2.26. The van der Waals surface area contributed by atoms with Crippen LogP contribution < -0.4 is 0 Å². The summed E-state index contributed by atoms with van der Waals surface area (Å²) in [6, 6.07) is 2.78. The summed E-state index contributed by atoms with van der Waals surface area (Å²) in [5.41, 5.74) is -0.192. The second-order valence-electron chi connectivity index (χ2n) is 4.72. The fourth-order valence-electron chi connectivity index (χ4n) is 2.03. The van der Waals surface area contributed by atoms with E-state index in [1.165, 1.54) is 4.90 Å². The highest BCUT2D eigenvalue weighted by molar-refractivity contribution is 5.95. The minimum absolute atomic E-state index is 0.120. The average molecular weight is 269 g/mol. The molecule has 0 aromatic heterocycles. The number of likely N-dealkylation sites (tertiary alicyclic amines) is 1. The molecule has 1 aliphatic heterocycles. The zero-order chi connectivity index (χ0) is 14.2. The fourth-order valence-corrected chi connectivity index (χ4v) is 2.03. The number of carbonyl (C=O) groups excluding carboxylic acids is 1. The molecule has 19 heavy (non-hydrogen) atoms. The number of hydrogen-bond donors (Lipinski definition) is 1. The molecule has 1 heterocycles. The van der Waals surface area contributed by atoms with Crippen LogP contribution in [0.5, 0.6) is 0 Å². The molecule has 102 valence electrons. The van der Waals surface area contributed by atoms with E-state index >= 15 is 0 Å². The van der Waals surface area contributed by atoms with Crippen LogP contribution in [0, 0.1) is 23.5 Å². The van der Waals surface area contributed by atoms with Crippen molar-refractivity contribution in [1.82, 2.24) is 4.90 Å². The molecular weight excluding hydrogens is 256 g/mol. The summed E-state index contributed by atoms with van der Waals surface area (Å²) >= 11 is 0. The molecule has 0 aliphatic carbocycles. The van der Waals surface area contributed by atoms with Crippen molar-refractivity contribution in [2.75, 3.05) is 13.1 Å². The van der Waals surface area contributed by atoms with E-state index in [2.05, 4.69) is 0 Å². The van der Waals surface area contributed by atoms with Gasteiger partial charge in [-0.2, -0.15) is 0 Å². The van der Waals surface area contributed by atoms with E-state index in [1.807, 2.05) is 0 Å².